The van der Waals surface area contributed by atoms with Gasteiger partial charge in [0.15, 0.2) is 0 Å². The molecule has 0 bridgehead atoms. The molecule has 2 aromatic carbocycles. The van der Waals surface area contributed by atoms with Crippen molar-refractivity contribution in [2.45, 2.75) is 32.9 Å². The Morgan fingerprint density at radius 1 is 1.07 bits per heavy atom. The van der Waals surface area contributed by atoms with Crippen molar-refractivity contribution in [1.82, 2.24) is 15.1 Å². The van der Waals surface area contributed by atoms with Crippen molar-refractivity contribution < 1.29 is 9.53 Å². The summed E-state index contributed by atoms with van der Waals surface area (Å²) in [6.07, 6.45) is 4.84. The van der Waals surface area contributed by atoms with Gasteiger partial charge in [-0.25, -0.2) is 0 Å². The van der Waals surface area contributed by atoms with Crippen LogP contribution in [-0.2, 0) is 17.9 Å². The van der Waals surface area contributed by atoms with Crippen molar-refractivity contribution in [3.63, 3.8) is 0 Å². The van der Waals surface area contributed by atoms with Gasteiger partial charge in [0.1, 0.15) is 5.75 Å². The normalized spacial score (nSPS) is 10.6. The molecule has 0 spiro atoms. The third kappa shape index (κ3) is 5.71. The van der Waals surface area contributed by atoms with Gasteiger partial charge >= 0.3 is 0 Å². The maximum absolute atomic E-state index is 12.1. The molecule has 0 saturated heterocycles. The molecule has 27 heavy (non-hydrogen) atoms. The van der Waals surface area contributed by atoms with Gasteiger partial charge in [-0.2, -0.15) is 5.10 Å². The standard InChI is InChI=1S/C22H25N3O2/c1-18-8-2-5-11-21(18)27-15-6-12-22(26)23-16-19-9-3-4-10-20(19)17-25-14-7-13-24-25/h2-5,7-11,13-14H,6,12,15-17H2,1H3,(H,23,26). The molecule has 0 aliphatic heterocycles. The average Bonchev–Trinajstić information content (AvgIpc) is 3.19. The Kier molecular flexibility index (Phi) is 6.63. The minimum atomic E-state index is 0.0391. The average molecular weight is 363 g/mol. The van der Waals surface area contributed by atoms with E-state index in [9.17, 15) is 4.79 Å². The number of para-hydroxylation sites is 1. The summed E-state index contributed by atoms with van der Waals surface area (Å²) in [4.78, 5) is 12.1. The fourth-order valence-corrected chi connectivity index (χ4v) is 2.87. The summed E-state index contributed by atoms with van der Waals surface area (Å²) < 4.78 is 7.62. The first-order valence-electron chi connectivity index (χ1n) is 9.22. The third-order valence-electron chi connectivity index (χ3n) is 4.39. The highest BCUT2D eigenvalue weighted by Crippen LogP contribution is 2.16. The third-order valence-corrected chi connectivity index (χ3v) is 4.39. The molecule has 0 fully saturated rings. The second kappa shape index (κ2) is 9.57. The lowest BCUT2D eigenvalue weighted by Gasteiger charge is -2.11. The van der Waals surface area contributed by atoms with Crippen molar-refractivity contribution in [3.8, 4) is 5.75 Å². The van der Waals surface area contributed by atoms with Crippen LogP contribution in [0.2, 0.25) is 0 Å². The van der Waals surface area contributed by atoms with Crippen LogP contribution in [0.4, 0.5) is 0 Å². The number of hydrogen-bond donors (Lipinski definition) is 1. The molecule has 1 N–H and O–H groups in total. The minimum Gasteiger partial charge on any atom is -0.493 e. The Labute approximate surface area is 160 Å². The van der Waals surface area contributed by atoms with Crippen molar-refractivity contribution >= 4 is 5.91 Å². The van der Waals surface area contributed by atoms with Crippen molar-refractivity contribution in [1.29, 1.82) is 0 Å². The summed E-state index contributed by atoms with van der Waals surface area (Å²) in [7, 11) is 0. The van der Waals surface area contributed by atoms with Crippen LogP contribution in [0.5, 0.6) is 5.75 Å². The zero-order valence-electron chi connectivity index (χ0n) is 15.6. The van der Waals surface area contributed by atoms with Gasteiger partial charge in [-0.1, -0.05) is 42.5 Å². The van der Waals surface area contributed by atoms with E-state index in [4.69, 9.17) is 4.74 Å². The topological polar surface area (TPSA) is 56.1 Å². The zero-order valence-corrected chi connectivity index (χ0v) is 15.6. The molecular weight excluding hydrogens is 338 g/mol. The molecule has 0 aliphatic carbocycles. The molecular formula is C22H25N3O2. The van der Waals surface area contributed by atoms with Crippen LogP contribution < -0.4 is 10.1 Å². The van der Waals surface area contributed by atoms with E-state index >= 15 is 0 Å². The van der Waals surface area contributed by atoms with Crippen molar-refractivity contribution in [2.75, 3.05) is 6.61 Å². The molecule has 0 atom stereocenters. The number of carbonyl (C=O) groups excluding carboxylic acids is 1. The van der Waals surface area contributed by atoms with Crippen LogP contribution in [0.15, 0.2) is 67.0 Å². The van der Waals surface area contributed by atoms with Crippen molar-refractivity contribution in [2.24, 2.45) is 0 Å². The van der Waals surface area contributed by atoms with Gasteiger partial charge < -0.3 is 10.1 Å². The van der Waals surface area contributed by atoms with E-state index in [0.717, 1.165) is 22.4 Å². The molecule has 5 heteroatoms. The van der Waals surface area contributed by atoms with Crippen LogP contribution in [-0.4, -0.2) is 22.3 Å². The number of aryl methyl sites for hydroxylation is 1. The predicted octanol–water partition coefficient (Wildman–Crippen LogP) is 3.72. The Morgan fingerprint density at radius 3 is 2.63 bits per heavy atom. The van der Waals surface area contributed by atoms with Gasteiger partial charge in [0, 0.05) is 25.4 Å². The van der Waals surface area contributed by atoms with E-state index in [-0.39, 0.29) is 5.91 Å². The summed E-state index contributed by atoms with van der Waals surface area (Å²) in [5.74, 6) is 0.919. The monoisotopic (exact) mass is 363 g/mol. The molecule has 140 valence electrons. The largest absolute Gasteiger partial charge is 0.493 e. The van der Waals surface area contributed by atoms with E-state index in [1.807, 2.05) is 66.3 Å². The lowest BCUT2D eigenvalue weighted by atomic mass is 10.1. The van der Waals surface area contributed by atoms with Crippen molar-refractivity contribution in [3.05, 3.63) is 83.7 Å². The Morgan fingerprint density at radius 2 is 1.85 bits per heavy atom. The predicted molar refractivity (Wildman–Crippen MR) is 106 cm³/mol. The van der Waals surface area contributed by atoms with Crippen LogP contribution >= 0.6 is 0 Å². The van der Waals surface area contributed by atoms with Crippen LogP contribution in [0, 0.1) is 6.92 Å². The smallest absolute Gasteiger partial charge is 0.220 e. The maximum atomic E-state index is 12.1. The molecule has 1 aromatic heterocycles. The first-order chi connectivity index (χ1) is 13.2. The summed E-state index contributed by atoms with van der Waals surface area (Å²) in [6.45, 7) is 3.77. The first kappa shape index (κ1) is 18.7. The molecule has 3 aromatic rings. The number of amides is 1. The lowest BCUT2D eigenvalue weighted by Crippen LogP contribution is -2.23. The quantitative estimate of drug-likeness (QED) is 0.590. The molecule has 0 unspecified atom stereocenters. The van der Waals surface area contributed by atoms with E-state index < -0.39 is 0 Å². The minimum absolute atomic E-state index is 0.0391. The molecule has 0 radical (unpaired) electrons. The molecule has 0 saturated carbocycles. The lowest BCUT2D eigenvalue weighted by molar-refractivity contribution is -0.121. The van der Waals surface area contributed by atoms with E-state index in [1.54, 1.807) is 6.20 Å². The molecule has 3 rings (SSSR count). The van der Waals surface area contributed by atoms with Crippen LogP contribution in [0.3, 0.4) is 0 Å². The van der Waals surface area contributed by atoms with Gasteiger partial charge in [-0.05, 0) is 42.2 Å². The second-order valence-corrected chi connectivity index (χ2v) is 6.47. The number of rotatable bonds is 9. The van der Waals surface area contributed by atoms with Crippen LogP contribution in [0.25, 0.3) is 0 Å². The summed E-state index contributed by atoms with van der Waals surface area (Å²) >= 11 is 0. The number of carbonyl (C=O) groups is 1. The van der Waals surface area contributed by atoms with Gasteiger partial charge in [-0.3, -0.25) is 9.48 Å². The van der Waals surface area contributed by atoms with Gasteiger partial charge in [0.2, 0.25) is 5.91 Å². The summed E-state index contributed by atoms with van der Waals surface area (Å²) in [5, 5.41) is 7.25. The molecule has 1 heterocycles. The highest BCUT2D eigenvalue weighted by atomic mass is 16.5. The molecule has 5 nitrogen and oxygen atoms in total. The van der Waals surface area contributed by atoms with E-state index in [1.165, 1.54) is 0 Å². The number of benzene rings is 2. The van der Waals surface area contributed by atoms with Gasteiger partial charge in [0.25, 0.3) is 0 Å². The van der Waals surface area contributed by atoms with Gasteiger partial charge in [0.05, 0.1) is 13.2 Å². The van der Waals surface area contributed by atoms with Crippen LogP contribution in [0.1, 0.15) is 29.5 Å². The fourth-order valence-electron chi connectivity index (χ4n) is 2.87. The van der Waals surface area contributed by atoms with E-state index in [0.29, 0.717) is 32.5 Å². The van der Waals surface area contributed by atoms with Gasteiger partial charge in [-0.15, -0.1) is 0 Å². The number of ether oxygens (including phenoxy) is 1. The second-order valence-electron chi connectivity index (χ2n) is 6.47. The van der Waals surface area contributed by atoms with E-state index in [2.05, 4.69) is 16.5 Å². The fraction of sp³-hybridized carbons (Fsp3) is 0.273. The highest BCUT2D eigenvalue weighted by molar-refractivity contribution is 5.75. The number of aromatic nitrogens is 2. The maximum Gasteiger partial charge on any atom is 0.220 e. The summed E-state index contributed by atoms with van der Waals surface area (Å²) in [5.41, 5.74) is 3.37. The Hall–Kier alpha value is -3.08. The number of nitrogens with zero attached hydrogens (tertiary/aromatic N) is 2. The number of nitrogens with one attached hydrogen (secondary N) is 1. The molecule has 1 amide bonds. The SMILES string of the molecule is Cc1ccccc1OCCCC(=O)NCc1ccccc1Cn1cccn1. The number of hydrogen-bond acceptors (Lipinski definition) is 3. The first-order valence-corrected chi connectivity index (χ1v) is 9.22. The summed E-state index contributed by atoms with van der Waals surface area (Å²) in [6, 6.07) is 17.9. The highest BCUT2D eigenvalue weighted by Gasteiger charge is 2.06. The zero-order chi connectivity index (χ0) is 18.9. The molecule has 0 aliphatic rings. The Bertz CT molecular complexity index is 860. The Balaban J connectivity index is 1.42.